The molecule has 1 aromatic heterocycles. The summed E-state index contributed by atoms with van der Waals surface area (Å²) >= 11 is 4.77. The van der Waals surface area contributed by atoms with Crippen LogP contribution in [0.15, 0.2) is 34.4 Å². The van der Waals surface area contributed by atoms with E-state index in [0.717, 1.165) is 8.79 Å². The molecule has 1 atom stereocenters. The Hall–Kier alpha value is -1.71. The van der Waals surface area contributed by atoms with Crippen LogP contribution in [0.3, 0.4) is 0 Å². The zero-order valence-electron chi connectivity index (χ0n) is 10.1. The number of halogens is 1. The summed E-state index contributed by atoms with van der Waals surface area (Å²) in [5.41, 5.74) is 0.954. The number of thiazole rings is 1. The molecule has 1 aromatic carbocycles. The number of carbonyl (C=O) groups is 1. The lowest BCUT2D eigenvalue weighted by molar-refractivity contribution is 0.0940. The van der Waals surface area contributed by atoms with E-state index < -0.39 is 0 Å². The number of aromatic nitrogens is 1. The molecule has 1 amide bonds. The van der Waals surface area contributed by atoms with Gasteiger partial charge >= 0.3 is 0 Å². The van der Waals surface area contributed by atoms with Gasteiger partial charge in [-0.15, -0.1) is 11.3 Å². The molecule has 0 aliphatic carbocycles. The summed E-state index contributed by atoms with van der Waals surface area (Å²) in [4.78, 5) is 17.1. The minimum atomic E-state index is -0.200. The number of hydrogen-bond acceptors (Lipinski definition) is 4. The number of benzene rings is 1. The number of nitrogens with zero attached hydrogens (tertiary/aromatic N) is 2. The van der Waals surface area contributed by atoms with Crippen LogP contribution in [0.25, 0.3) is 0 Å². The molecule has 0 spiro atoms. The first-order valence-corrected chi connectivity index (χ1v) is 7.13. The Morgan fingerprint density at radius 2 is 2.37 bits per heavy atom. The van der Waals surface area contributed by atoms with Crippen LogP contribution in [0, 0.1) is 11.3 Å². The fraction of sp³-hybridized carbons (Fsp3) is 0.154. The van der Waals surface area contributed by atoms with E-state index in [1.807, 2.05) is 13.0 Å². The lowest BCUT2D eigenvalue weighted by atomic mass is 10.1. The molecule has 0 saturated carbocycles. The topological polar surface area (TPSA) is 65.8 Å². The first-order valence-electron chi connectivity index (χ1n) is 5.52. The van der Waals surface area contributed by atoms with Crippen LogP contribution in [0.4, 0.5) is 0 Å². The van der Waals surface area contributed by atoms with Gasteiger partial charge in [0.2, 0.25) is 0 Å². The number of nitrogens with one attached hydrogen (secondary N) is 1. The molecule has 0 fully saturated rings. The molecule has 2 rings (SSSR count). The van der Waals surface area contributed by atoms with Gasteiger partial charge in [-0.05, 0) is 41.1 Å². The minimum Gasteiger partial charge on any atom is -0.345 e. The summed E-state index contributed by atoms with van der Waals surface area (Å²) in [6.45, 7) is 1.89. The van der Waals surface area contributed by atoms with E-state index in [4.69, 9.17) is 5.26 Å². The standard InChI is InChI=1S/C13H10BrN3OS/c1-8(11-7-16-13(14)19-11)17-12(18)10-4-2-3-9(5-10)6-15/h2-5,7-8H,1H3,(H,17,18). The Labute approximate surface area is 123 Å². The van der Waals surface area contributed by atoms with Gasteiger partial charge in [-0.2, -0.15) is 5.26 Å². The smallest absolute Gasteiger partial charge is 0.251 e. The summed E-state index contributed by atoms with van der Waals surface area (Å²) in [6, 6.07) is 8.52. The van der Waals surface area contributed by atoms with E-state index >= 15 is 0 Å². The van der Waals surface area contributed by atoms with Crippen molar-refractivity contribution in [1.82, 2.24) is 10.3 Å². The summed E-state index contributed by atoms with van der Waals surface area (Å²) in [5, 5.41) is 11.7. The lowest BCUT2D eigenvalue weighted by Gasteiger charge is -2.11. The molecular formula is C13H10BrN3OS. The molecule has 0 bridgehead atoms. The fourth-order valence-corrected chi connectivity index (χ4v) is 2.85. The first-order chi connectivity index (χ1) is 9.10. The third-order valence-electron chi connectivity index (χ3n) is 2.52. The summed E-state index contributed by atoms with van der Waals surface area (Å²) in [5.74, 6) is -0.200. The normalized spacial score (nSPS) is 11.6. The van der Waals surface area contributed by atoms with Crippen molar-refractivity contribution in [3.8, 4) is 6.07 Å². The molecule has 0 aliphatic rings. The van der Waals surface area contributed by atoms with Gasteiger partial charge in [-0.3, -0.25) is 4.79 Å². The van der Waals surface area contributed by atoms with E-state index in [1.165, 1.54) is 11.3 Å². The maximum absolute atomic E-state index is 12.1. The maximum Gasteiger partial charge on any atom is 0.251 e. The second-order valence-electron chi connectivity index (χ2n) is 3.90. The molecule has 96 valence electrons. The van der Waals surface area contributed by atoms with E-state index in [-0.39, 0.29) is 11.9 Å². The predicted octanol–water partition coefficient (Wildman–Crippen LogP) is 3.27. The fourth-order valence-electron chi connectivity index (χ4n) is 1.55. The average Bonchev–Trinajstić information content (AvgIpc) is 2.85. The Morgan fingerprint density at radius 1 is 1.58 bits per heavy atom. The van der Waals surface area contributed by atoms with Crippen LogP contribution in [-0.2, 0) is 0 Å². The van der Waals surface area contributed by atoms with Crippen LogP contribution in [-0.4, -0.2) is 10.9 Å². The van der Waals surface area contributed by atoms with Crippen LogP contribution < -0.4 is 5.32 Å². The summed E-state index contributed by atoms with van der Waals surface area (Å²) in [7, 11) is 0. The van der Waals surface area contributed by atoms with Gasteiger partial charge in [0.15, 0.2) is 3.92 Å². The van der Waals surface area contributed by atoms with Crippen molar-refractivity contribution in [3.05, 3.63) is 50.4 Å². The Kier molecular flexibility index (Phi) is 4.30. The molecule has 1 heterocycles. The number of nitriles is 1. The van der Waals surface area contributed by atoms with Gasteiger partial charge in [0.25, 0.3) is 5.91 Å². The minimum absolute atomic E-state index is 0.123. The van der Waals surface area contributed by atoms with Crippen molar-refractivity contribution in [2.24, 2.45) is 0 Å². The number of amides is 1. The van der Waals surface area contributed by atoms with Crippen molar-refractivity contribution >= 4 is 33.2 Å². The largest absolute Gasteiger partial charge is 0.345 e. The molecule has 0 radical (unpaired) electrons. The highest BCUT2D eigenvalue weighted by Gasteiger charge is 2.13. The van der Waals surface area contributed by atoms with E-state index in [9.17, 15) is 4.79 Å². The van der Waals surface area contributed by atoms with Gasteiger partial charge < -0.3 is 5.32 Å². The monoisotopic (exact) mass is 335 g/mol. The van der Waals surface area contributed by atoms with Gasteiger partial charge in [-0.25, -0.2) is 4.98 Å². The second kappa shape index (κ2) is 5.95. The van der Waals surface area contributed by atoms with Crippen molar-refractivity contribution in [1.29, 1.82) is 5.26 Å². The van der Waals surface area contributed by atoms with E-state index in [1.54, 1.807) is 30.5 Å². The van der Waals surface area contributed by atoms with Crippen LogP contribution in [0.5, 0.6) is 0 Å². The second-order valence-corrected chi connectivity index (χ2v) is 6.24. The van der Waals surface area contributed by atoms with Crippen molar-refractivity contribution in [3.63, 3.8) is 0 Å². The molecule has 0 aliphatic heterocycles. The number of rotatable bonds is 3. The molecule has 1 unspecified atom stereocenters. The maximum atomic E-state index is 12.1. The molecule has 6 heteroatoms. The molecule has 19 heavy (non-hydrogen) atoms. The Balaban J connectivity index is 2.10. The molecule has 1 N–H and O–H groups in total. The van der Waals surface area contributed by atoms with Crippen molar-refractivity contribution in [2.45, 2.75) is 13.0 Å². The zero-order chi connectivity index (χ0) is 13.8. The third-order valence-corrected chi connectivity index (χ3v) is 4.18. The van der Waals surface area contributed by atoms with Crippen LogP contribution in [0.2, 0.25) is 0 Å². The third kappa shape index (κ3) is 3.40. The highest BCUT2D eigenvalue weighted by molar-refractivity contribution is 9.11. The van der Waals surface area contributed by atoms with Crippen molar-refractivity contribution in [2.75, 3.05) is 0 Å². The molecule has 4 nitrogen and oxygen atoms in total. The first kappa shape index (κ1) is 13.7. The highest BCUT2D eigenvalue weighted by atomic mass is 79.9. The zero-order valence-corrected chi connectivity index (χ0v) is 12.5. The van der Waals surface area contributed by atoms with E-state index in [2.05, 4.69) is 26.2 Å². The van der Waals surface area contributed by atoms with Gasteiger partial charge in [0.1, 0.15) is 0 Å². The number of hydrogen-bond donors (Lipinski definition) is 1. The molecule has 2 aromatic rings. The SMILES string of the molecule is CC(NC(=O)c1cccc(C#N)c1)c1cnc(Br)s1. The quantitative estimate of drug-likeness (QED) is 0.935. The Morgan fingerprint density at radius 3 is 3.00 bits per heavy atom. The average molecular weight is 336 g/mol. The molecule has 0 saturated heterocycles. The van der Waals surface area contributed by atoms with Crippen molar-refractivity contribution < 1.29 is 4.79 Å². The van der Waals surface area contributed by atoms with Crippen LogP contribution in [0.1, 0.15) is 33.8 Å². The lowest BCUT2D eigenvalue weighted by Crippen LogP contribution is -2.26. The summed E-state index contributed by atoms with van der Waals surface area (Å²) < 4.78 is 0.787. The van der Waals surface area contributed by atoms with Gasteiger partial charge in [0.05, 0.1) is 17.7 Å². The predicted molar refractivity (Wildman–Crippen MR) is 76.9 cm³/mol. The number of carbonyl (C=O) groups excluding carboxylic acids is 1. The van der Waals surface area contributed by atoms with Gasteiger partial charge in [0, 0.05) is 16.6 Å². The van der Waals surface area contributed by atoms with Crippen LogP contribution >= 0.6 is 27.3 Å². The van der Waals surface area contributed by atoms with E-state index in [0.29, 0.717) is 11.1 Å². The Bertz CT molecular complexity index is 647. The summed E-state index contributed by atoms with van der Waals surface area (Å²) in [6.07, 6.45) is 1.73. The highest BCUT2D eigenvalue weighted by Crippen LogP contribution is 2.24. The molecular weight excluding hydrogens is 326 g/mol. The van der Waals surface area contributed by atoms with Gasteiger partial charge in [-0.1, -0.05) is 6.07 Å².